The number of hydrogen-bond acceptors (Lipinski definition) is 2. The third-order valence-electron chi connectivity index (χ3n) is 2.04. The fourth-order valence-corrected chi connectivity index (χ4v) is 1.71. The van der Waals surface area contributed by atoms with Crippen molar-refractivity contribution >= 4 is 29.0 Å². The molecule has 1 aromatic heterocycles. The van der Waals surface area contributed by atoms with Gasteiger partial charge in [0.1, 0.15) is 5.82 Å². The van der Waals surface area contributed by atoms with Gasteiger partial charge in [-0.25, -0.2) is 4.98 Å². The van der Waals surface area contributed by atoms with Gasteiger partial charge in [-0.05, 0) is 11.6 Å². The van der Waals surface area contributed by atoms with Crippen LogP contribution in [-0.2, 0) is 6.54 Å². The monoisotopic (exact) mass is 241 g/mol. The average molecular weight is 242 g/mol. The lowest BCUT2D eigenvalue weighted by molar-refractivity contribution is 0.798. The van der Waals surface area contributed by atoms with Crippen LogP contribution in [0.1, 0.15) is 5.56 Å². The summed E-state index contributed by atoms with van der Waals surface area (Å²) in [6.45, 7) is 0.615. The smallest absolute Gasteiger partial charge is 0.141 e. The van der Waals surface area contributed by atoms with Gasteiger partial charge in [0.25, 0.3) is 0 Å². The van der Waals surface area contributed by atoms with E-state index < -0.39 is 0 Å². The summed E-state index contributed by atoms with van der Waals surface area (Å²) in [6, 6.07) is 5.55. The van der Waals surface area contributed by atoms with E-state index in [0.29, 0.717) is 22.4 Å². The second-order valence-corrected chi connectivity index (χ2v) is 3.97. The van der Waals surface area contributed by atoms with E-state index in [0.717, 1.165) is 5.56 Å². The predicted molar refractivity (Wildman–Crippen MR) is 62.2 cm³/mol. The fraction of sp³-hybridized carbons (Fsp3) is 0.100. The highest BCUT2D eigenvalue weighted by atomic mass is 35.5. The number of nitrogens with zero attached hydrogens (tertiary/aromatic N) is 2. The Morgan fingerprint density at radius 1 is 1.33 bits per heavy atom. The van der Waals surface area contributed by atoms with E-state index in [9.17, 15) is 0 Å². The molecule has 0 bridgehead atoms. The maximum atomic E-state index is 6.05. The Labute approximate surface area is 97.4 Å². The van der Waals surface area contributed by atoms with Gasteiger partial charge >= 0.3 is 0 Å². The van der Waals surface area contributed by atoms with E-state index in [1.165, 1.54) is 0 Å². The Morgan fingerprint density at radius 2 is 2.13 bits per heavy atom. The van der Waals surface area contributed by atoms with Crippen LogP contribution >= 0.6 is 23.2 Å². The summed E-state index contributed by atoms with van der Waals surface area (Å²) >= 11 is 12.0. The molecule has 2 aromatic rings. The van der Waals surface area contributed by atoms with Crippen LogP contribution in [0.25, 0.3) is 0 Å². The van der Waals surface area contributed by atoms with Gasteiger partial charge in [0.2, 0.25) is 0 Å². The summed E-state index contributed by atoms with van der Waals surface area (Å²) in [4.78, 5) is 3.93. The SMILES string of the molecule is Nc1cn(Cc2cccc(Cl)c2Cl)cn1. The lowest BCUT2D eigenvalue weighted by Crippen LogP contribution is -1.97. The zero-order chi connectivity index (χ0) is 10.8. The number of nitrogen functional groups attached to an aromatic ring is 1. The quantitative estimate of drug-likeness (QED) is 0.879. The van der Waals surface area contributed by atoms with Gasteiger partial charge in [0, 0.05) is 6.20 Å². The van der Waals surface area contributed by atoms with E-state index in [1.54, 1.807) is 18.6 Å². The van der Waals surface area contributed by atoms with Crippen molar-refractivity contribution in [1.82, 2.24) is 9.55 Å². The molecule has 3 nitrogen and oxygen atoms in total. The molecule has 78 valence electrons. The minimum Gasteiger partial charge on any atom is -0.382 e. The molecule has 0 aliphatic carbocycles. The summed E-state index contributed by atoms with van der Waals surface area (Å²) in [5, 5.41) is 1.13. The van der Waals surface area contributed by atoms with Crippen molar-refractivity contribution < 1.29 is 0 Å². The molecule has 0 saturated carbocycles. The van der Waals surface area contributed by atoms with Crippen molar-refractivity contribution in [2.45, 2.75) is 6.54 Å². The number of halogens is 2. The third kappa shape index (κ3) is 2.25. The lowest BCUT2D eigenvalue weighted by Gasteiger charge is -2.05. The second-order valence-electron chi connectivity index (χ2n) is 3.18. The third-order valence-corrected chi connectivity index (χ3v) is 2.90. The number of hydrogen-bond donors (Lipinski definition) is 1. The van der Waals surface area contributed by atoms with E-state index in [4.69, 9.17) is 28.9 Å². The Morgan fingerprint density at radius 3 is 2.80 bits per heavy atom. The Hall–Kier alpha value is -1.19. The molecule has 0 spiro atoms. The van der Waals surface area contributed by atoms with Gasteiger partial charge < -0.3 is 10.3 Å². The Balaban J connectivity index is 2.28. The topological polar surface area (TPSA) is 43.8 Å². The number of aromatic nitrogens is 2. The number of nitrogens with two attached hydrogens (primary N) is 1. The van der Waals surface area contributed by atoms with Gasteiger partial charge in [0.05, 0.1) is 22.9 Å². The first-order valence-corrected chi connectivity index (χ1v) is 5.12. The maximum absolute atomic E-state index is 6.05. The zero-order valence-corrected chi connectivity index (χ0v) is 9.33. The summed E-state index contributed by atoms with van der Waals surface area (Å²) in [6.07, 6.45) is 3.41. The summed E-state index contributed by atoms with van der Waals surface area (Å²) in [7, 11) is 0. The van der Waals surface area contributed by atoms with Crippen LogP contribution in [0.2, 0.25) is 10.0 Å². The zero-order valence-electron chi connectivity index (χ0n) is 7.82. The van der Waals surface area contributed by atoms with Crippen molar-refractivity contribution in [2.75, 3.05) is 5.73 Å². The molecule has 0 radical (unpaired) electrons. The van der Waals surface area contributed by atoms with Gasteiger partial charge in [-0.15, -0.1) is 0 Å². The van der Waals surface area contributed by atoms with Crippen molar-refractivity contribution in [3.63, 3.8) is 0 Å². The van der Waals surface area contributed by atoms with E-state index in [2.05, 4.69) is 4.98 Å². The van der Waals surface area contributed by atoms with Crippen LogP contribution in [0.4, 0.5) is 5.82 Å². The van der Waals surface area contributed by atoms with Crippen molar-refractivity contribution in [1.29, 1.82) is 0 Å². The lowest BCUT2D eigenvalue weighted by atomic mass is 10.2. The molecule has 0 saturated heterocycles. The van der Waals surface area contributed by atoms with Gasteiger partial charge in [-0.1, -0.05) is 35.3 Å². The largest absolute Gasteiger partial charge is 0.382 e. The number of benzene rings is 1. The van der Waals surface area contributed by atoms with E-state index in [1.807, 2.05) is 16.7 Å². The highest BCUT2D eigenvalue weighted by Crippen LogP contribution is 2.26. The molecular weight excluding hydrogens is 233 g/mol. The van der Waals surface area contributed by atoms with Crippen LogP contribution in [0, 0.1) is 0 Å². The molecule has 1 heterocycles. The van der Waals surface area contributed by atoms with Gasteiger partial charge in [0.15, 0.2) is 0 Å². The molecule has 2 rings (SSSR count). The minimum absolute atomic E-state index is 0.494. The maximum Gasteiger partial charge on any atom is 0.141 e. The number of rotatable bonds is 2. The van der Waals surface area contributed by atoms with E-state index in [-0.39, 0.29) is 0 Å². The molecule has 0 amide bonds. The molecule has 0 fully saturated rings. The molecular formula is C10H9Cl2N3. The van der Waals surface area contributed by atoms with Crippen LogP contribution < -0.4 is 5.73 Å². The summed E-state index contributed by atoms with van der Waals surface area (Å²) in [5.41, 5.74) is 6.46. The molecule has 0 atom stereocenters. The molecule has 0 unspecified atom stereocenters. The first-order valence-electron chi connectivity index (χ1n) is 4.37. The van der Waals surface area contributed by atoms with Crippen molar-refractivity contribution in [3.05, 3.63) is 46.3 Å². The van der Waals surface area contributed by atoms with Crippen molar-refractivity contribution in [3.8, 4) is 0 Å². The van der Waals surface area contributed by atoms with Crippen LogP contribution in [0.5, 0.6) is 0 Å². The van der Waals surface area contributed by atoms with Gasteiger partial charge in [-0.3, -0.25) is 0 Å². The van der Waals surface area contributed by atoms with Crippen LogP contribution in [0.3, 0.4) is 0 Å². The number of imidazole rings is 1. The summed E-state index contributed by atoms with van der Waals surface area (Å²) in [5.74, 6) is 0.494. The standard InChI is InChI=1S/C10H9Cl2N3/c11-8-3-1-2-7(10(8)12)4-15-5-9(13)14-6-15/h1-3,5-6H,4,13H2. The highest BCUT2D eigenvalue weighted by molar-refractivity contribution is 6.42. The Bertz CT molecular complexity index is 479. The minimum atomic E-state index is 0.494. The molecule has 5 heteroatoms. The predicted octanol–water partition coefficient (Wildman–Crippen LogP) is 2.82. The van der Waals surface area contributed by atoms with E-state index >= 15 is 0 Å². The molecule has 0 aliphatic rings. The molecule has 15 heavy (non-hydrogen) atoms. The van der Waals surface area contributed by atoms with Crippen LogP contribution in [0.15, 0.2) is 30.7 Å². The highest BCUT2D eigenvalue weighted by Gasteiger charge is 2.04. The first-order chi connectivity index (χ1) is 7.16. The summed E-state index contributed by atoms with van der Waals surface area (Å²) < 4.78 is 1.85. The van der Waals surface area contributed by atoms with Crippen LogP contribution in [-0.4, -0.2) is 9.55 Å². The second kappa shape index (κ2) is 4.13. The first kappa shape index (κ1) is 10.3. The Kier molecular flexibility index (Phi) is 2.84. The molecule has 0 aliphatic heterocycles. The molecule has 1 aromatic carbocycles. The fourth-order valence-electron chi connectivity index (χ4n) is 1.33. The average Bonchev–Trinajstić information content (AvgIpc) is 2.59. The normalized spacial score (nSPS) is 10.5. The number of anilines is 1. The van der Waals surface area contributed by atoms with Crippen molar-refractivity contribution in [2.24, 2.45) is 0 Å². The van der Waals surface area contributed by atoms with Gasteiger partial charge in [-0.2, -0.15) is 0 Å². The molecule has 2 N–H and O–H groups in total.